The van der Waals surface area contributed by atoms with Crippen LogP contribution in [0.2, 0.25) is 0 Å². The Bertz CT molecular complexity index is 925. The number of hydrogen-bond donors (Lipinski definition) is 1. The number of fused-ring (bicyclic) bond motifs is 4. The van der Waals surface area contributed by atoms with Gasteiger partial charge in [0.15, 0.2) is 0 Å². The zero-order valence-corrected chi connectivity index (χ0v) is 17.7. The highest BCUT2D eigenvalue weighted by Gasteiger charge is 2.38. The van der Waals surface area contributed by atoms with Crippen LogP contribution in [0.15, 0.2) is 42.5 Å². The van der Waals surface area contributed by atoms with Crippen molar-refractivity contribution in [3.05, 3.63) is 64.7 Å². The number of likely N-dealkylation sites (tertiary alicyclic amines) is 1. The summed E-state index contributed by atoms with van der Waals surface area (Å²) in [5.74, 6) is 1.30. The van der Waals surface area contributed by atoms with Crippen molar-refractivity contribution < 1.29 is 9.90 Å². The summed E-state index contributed by atoms with van der Waals surface area (Å²) in [6, 6.07) is 14.7. The average Bonchev–Trinajstić information content (AvgIpc) is 3.32. The molecule has 5 rings (SSSR count). The van der Waals surface area contributed by atoms with E-state index >= 15 is 0 Å². The summed E-state index contributed by atoms with van der Waals surface area (Å²) < 4.78 is 0. The van der Waals surface area contributed by atoms with Gasteiger partial charge in [-0.25, -0.2) is 0 Å². The summed E-state index contributed by atoms with van der Waals surface area (Å²) >= 11 is 0. The highest BCUT2D eigenvalue weighted by atomic mass is 16.3. The van der Waals surface area contributed by atoms with Gasteiger partial charge in [0, 0.05) is 30.6 Å². The maximum atomic E-state index is 12.4. The van der Waals surface area contributed by atoms with E-state index in [0.717, 1.165) is 31.5 Å². The molecule has 4 nitrogen and oxygen atoms in total. The Morgan fingerprint density at radius 2 is 1.77 bits per heavy atom. The minimum absolute atomic E-state index is 0.206. The van der Waals surface area contributed by atoms with Crippen LogP contribution in [0.25, 0.3) is 0 Å². The summed E-state index contributed by atoms with van der Waals surface area (Å²) in [6.45, 7) is 4.03. The fourth-order valence-corrected chi connectivity index (χ4v) is 5.91. The van der Waals surface area contributed by atoms with Crippen LogP contribution in [0.5, 0.6) is 5.75 Å². The maximum absolute atomic E-state index is 12.4. The standard InChI is InChI=1S/C26H32N2O2/c29-25-11-7-10-21-22-14-17-27(24(22)13-12-23(21)25)15-5-1-2-6-16-28-18-19-8-3-4-9-20(19)26(28)30/h3-4,7-11,22,24,29H,1-2,5-6,12-18H2/t22-,24+/m0/s1. The number of hydrogen-bond acceptors (Lipinski definition) is 3. The van der Waals surface area contributed by atoms with Gasteiger partial charge in [-0.05, 0) is 74.0 Å². The highest BCUT2D eigenvalue weighted by Crippen LogP contribution is 2.43. The number of aromatic hydroxyl groups is 1. The van der Waals surface area contributed by atoms with Crippen LogP contribution in [0.4, 0.5) is 0 Å². The lowest BCUT2D eigenvalue weighted by Gasteiger charge is -2.33. The molecule has 1 fully saturated rings. The first kappa shape index (κ1) is 19.6. The van der Waals surface area contributed by atoms with Crippen molar-refractivity contribution in [2.24, 2.45) is 0 Å². The van der Waals surface area contributed by atoms with Gasteiger partial charge in [-0.15, -0.1) is 0 Å². The van der Waals surface area contributed by atoms with Crippen LogP contribution in [-0.4, -0.2) is 46.5 Å². The van der Waals surface area contributed by atoms with Crippen molar-refractivity contribution in [3.63, 3.8) is 0 Å². The Morgan fingerprint density at radius 3 is 2.63 bits per heavy atom. The summed E-state index contributed by atoms with van der Waals surface area (Å²) in [5.41, 5.74) is 4.65. The van der Waals surface area contributed by atoms with Crippen LogP contribution >= 0.6 is 0 Å². The molecule has 1 amide bonds. The number of unbranched alkanes of at least 4 members (excludes halogenated alkanes) is 3. The Kier molecular flexibility index (Phi) is 5.51. The van der Waals surface area contributed by atoms with Gasteiger partial charge < -0.3 is 10.0 Å². The third-order valence-electron chi connectivity index (χ3n) is 7.46. The van der Waals surface area contributed by atoms with Gasteiger partial charge >= 0.3 is 0 Å². The number of carbonyl (C=O) groups excluding carboxylic acids is 1. The van der Waals surface area contributed by atoms with Crippen molar-refractivity contribution in [2.75, 3.05) is 19.6 Å². The molecule has 0 bridgehead atoms. The maximum Gasteiger partial charge on any atom is 0.254 e. The fraction of sp³-hybridized carbons (Fsp3) is 0.500. The quantitative estimate of drug-likeness (QED) is 0.680. The molecule has 2 heterocycles. The summed E-state index contributed by atoms with van der Waals surface area (Å²) in [7, 11) is 0. The minimum atomic E-state index is 0.206. The van der Waals surface area contributed by atoms with Crippen molar-refractivity contribution in [1.82, 2.24) is 9.80 Å². The monoisotopic (exact) mass is 404 g/mol. The van der Waals surface area contributed by atoms with Gasteiger partial charge in [-0.3, -0.25) is 9.69 Å². The van der Waals surface area contributed by atoms with Gasteiger partial charge in [0.05, 0.1) is 0 Å². The van der Waals surface area contributed by atoms with Crippen LogP contribution in [-0.2, 0) is 13.0 Å². The predicted octanol–water partition coefficient (Wildman–Crippen LogP) is 4.71. The number of benzene rings is 2. The molecule has 2 atom stereocenters. The lowest BCUT2D eigenvalue weighted by molar-refractivity contribution is 0.0775. The lowest BCUT2D eigenvalue weighted by atomic mass is 9.79. The largest absolute Gasteiger partial charge is 0.508 e. The molecule has 1 N–H and O–H groups in total. The number of nitrogens with zero attached hydrogens (tertiary/aromatic N) is 2. The first-order valence-electron chi connectivity index (χ1n) is 11.6. The van der Waals surface area contributed by atoms with Gasteiger partial charge in [-0.1, -0.05) is 43.2 Å². The van der Waals surface area contributed by atoms with Crippen molar-refractivity contribution in [1.29, 1.82) is 0 Å². The van der Waals surface area contributed by atoms with Crippen molar-refractivity contribution in [2.45, 2.75) is 63.5 Å². The van der Waals surface area contributed by atoms with E-state index in [1.807, 2.05) is 35.2 Å². The molecule has 3 aliphatic rings. The van der Waals surface area contributed by atoms with Gasteiger partial charge in [-0.2, -0.15) is 0 Å². The zero-order chi connectivity index (χ0) is 20.5. The molecule has 1 saturated heterocycles. The molecule has 1 aliphatic carbocycles. The molecule has 0 radical (unpaired) electrons. The van der Waals surface area contributed by atoms with E-state index in [4.69, 9.17) is 0 Å². The van der Waals surface area contributed by atoms with E-state index in [1.54, 1.807) is 0 Å². The van der Waals surface area contributed by atoms with Crippen molar-refractivity contribution in [3.8, 4) is 5.75 Å². The summed E-state index contributed by atoms with van der Waals surface area (Å²) in [5, 5.41) is 10.2. The highest BCUT2D eigenvalue weighted by molar-refractivity contribution is 5.98. The van der Waals surface area contributed by atoms with Gasteiger partial charge in [0.1, 0.15) is 5.75 Å². The number of rotatable bonds is 7. The smallest absolute Gasteiger partial charge is 0.254 e. The summed E-state index contributed by atoms with van der Waals surface area (Å²) in [6.07, 6.45) is 8.17. The molecule has 0 aromatic heterocycles. The number of phenols is 1. The van der Waals surface area contributed by atoms with E-state index in [2.05, 4.69) is 17.0 Å². The van der Waals surface area contributed by atoms with Crippen LogP contribution in [0.1, 0.15) is 71.5 Å². The van der Waals surface area contributed by atoms with Crippen LogP contribution in [0, 0.1) is 0 Å². The van der Waals surface area contributed by atoms with E-state index in [0.29, 0.717) is 17.7 Å². The zero-order valence-electron chi connectivity index (χ0n) is 17.7. The molecule has 158 valence electrons. The topological polar surface area (TPSA) is 43.8 Å². The second-order valence-corrected chi connectivity index (χ2v) is 9.18. The molecule has 30 heavy (non-hydrogen) atoms. The Hall–Kier alpha value is -2.33. The van der Waals surface area contributed by atoms with Crippen LogP contribution in [0.3, 0.4) is 0 Å². The molecule has 2 aromatic carbocycles. The third kappa shape index (κ3) is 3.62. The normalized spacial score (nSPS) is 22.8. The summed E-state index contributed by atoms with van der Waals surface area (Å²) in [4.78, 5) is 17.1. The molecular weight excluding hydrogens is 372 g/mol. The molecule has 0 unspecified atom stereocenters. The third-order valence-corrected chi connectivity index (χ3v) is 7.46. The van der Waals surface area contributed by atoms with Crippen molar-refractivity contribution >= 4 is 5.91 Å². The molecule has 2 aromatic rings. The van der Waals surface area contributed by atoms with E-state index in [-0.39, 0.29) is 5.91 Å². The Morgan fingerprint density at radius 1 is 0.933 bits per heavy atom. The number of amides is 1. The molecule has 0 saturated carbocycles. The van der Waals surface area contributed by atoms with E-state index in [9.17, 15) is 9.90 Å². The average molecular weight is 405 g/mol. The Balaban J connectivity index is 1.04. The fourth-order valence-electron chi connectivity index (χ4n) is 5.91. The first-order chi connectivity index (χ1) is 14.7. The first-order valence-corrected chi connectivity index (χ1v) is 11.6. The number of phenolic OH excluding ortho intramolecular Hbond substituents is 1. The predicted molar refractivity (Wildman–Crippen MR) is 119 cm³/mol. The van der Waals surface area contributed by atoms with Gasteiger partial charge in [0.2, 0.25) is 0 Å². The molecule has 2 aliphatic heterocycles. The SMILES string of the molecule is O=C1c2ccccc2CN1CCCCCCN1CC[C@H]2c3cccc(O)c3CC[C@H]21. The lowest BCUT2D eigenvalue weighted by Crippen LogP contribution is -2.35. The molecule has 4 heteroatoms. The minimum Gasteiger partial charge on any atom is -0.508 e. The van der Waals surface area contributed by atoms with E-state index < -0.39 is 0 Å². The molecular formula is C26H32N2O2. The van der Waals surface area contributed by atoms with Gasteiger partial charge in [0.25, 0.3) is 5.91 Å². The second kappa shape index (κ2) is 8.43. The van der Waals surface area contributed by atoms with E-state index in [1.165, 1.54) is 61.9 Å². The Labute approximate surface area is 179 Å². The van der Waals surface area contributed by atoms with Crippen LogP contribution < -0.4 is 0 Å². The number of carbonyl (C=O) groups is 1. The second-order valence-electron chi connectivity index (χ2n) is 9.18. The molecule has 0 spiro atoms.